The first kappa shape index (κ1) is 18.0. The molecule has 140 valence electrons. The van der Waals surface area contributed by atoms with Gasteiger partial charge in [-0.15, -0.1) is 0 Å². The number of hydrogen-bond acceptors (Lipinski definition) is 4. The molecule has 1 heterocycles. The van der Waals surface area contributed by atoms with Crippen LogP contribution in [-0.4, -0.2) is 11.9 Å². The first-order valence-electron chi connectivity index (χ1n) is 9.30. The number of hydrogen-bond donors (Lipinski definition) is 0. The summed E-state index contributed by atoms with van der Waals surface area (Å²) in [5, 5.41) is 0. The van der Waals surface area contributed by atoms with Crippen LogP contribution in [0.4, 0.5) is 0 Å². The molecule has 1 aliphatic heterocycles. The lowest BCUT2D eigenvalue weighted by molar-refractivity contribution is -0.141. The van der Waals surface area contributed by atoms with E-state index < -0.39 is 5.54 Å². The highest BCUT2D eigenvalue weighted by molar-refractivity contribution is 6.08. The van der Waals surface area contributed by atoms with Gasteiger partial charge < -0.3 is 9.47 Å². The van der Waals surface area contributed by atoms with Crippen LogP contribution >= 0.6 is 0 Å². The van der Waals surface area contributed by atoms with Gasteiger partial charge in [-0.3, -0.25) is 0 Å². The topological polar surface area (TPSA) is 47.9 Å². The molecule has 0 saturated carbocycles. The molecule has 0 bridgehead atoms. The molecule has 0 unspecified atom stereocenters. The number of aliphatic imine (C=N–C) groups is 1. The molecule has 1 aliphatic rings. The Bertz CT molecular complexity index is 995. The van der Waals surface area contributed by atoms with Gasteiger partial charge in [0, 0.05) is 5.56 Å². The molecule has 4 nitrogen and oxygen atoms in total. The van der Waals surface area contributed by atoms with Crippen LogP contribution in [0.5, 0.6) is 11.5 Å². The summed E-state index contributed by atoms with van der Waals surface area (Å²) in [6.07, 6.45) is 0. The van der Waals surface area contributed by atoms with E-state index >= 15 is 0 Å². The third-order valence-electron chi connectivity index (χ3n) is 4.91. The Hall–Kier alpha value is -3.40. The van der Waals surface area contributed by atoms with Crippen LogP contribution in [0.1, 0.15) is 25.0 Å². The second-order valence-electron chi connectivity index (χ2n) is 7.03. The van der Waals surface area contributed by atoms with Crippen LogP contribution in [0.25, 0.3) is 0 Å². The van der Waals surface area contributed by atoms with Gasteiger partial charge in [0.2, 0.25) is 5.90 Å². The van der Waals surface area contributed by atoms with Crippen molar-refractivity contribution in [2.45, 2.75) is 19.4 Å². The van der Waals surface area contributed by atoms with Crippen molar-refractivity contribution in [3.63, 3.8) is 0 Å². The van der Waals surface area contributed by atoms with Crippen LogP contribution in [0.3, 0.4) is 0 Å². The van der Waals surface area contributed by atoms with E-state index in [1.54, 1.807) is 0 Å². The van der Waals surface area contributed by atoms with Crippen LogP contribution in [-0.2, 0) is 15.1 Å². The van der Waals surface area contributed by atoms with Gasteiger partial charge in [0.1, 0.15) is 11.5 Å². The van der Waals surface area contributed by atoms with E-state index in [1.807, 2.05) is 98.8 Å². The third-order valence-corrected chi connectivity index (χ3v) is 4.91. The van der Waals surface area contributed by atoms with Crippen LogP contribution in [0.2, 0.25) is 0 Å². The van der Waals surface area contributed by atoms with E-state index in [9.17, 15) is 4.79 Å². The van der Waals surface area contributed by atoms with E-state index in [0.29, 0.717) is 11.6 Å². The maximum Gasteiger partial charge on any atom is 0.345 e. The zero-order valence-corrected chi connectivity index (χ0v) is 15.8. The van der Waals surface area contributed by atoms with Gasteiger partial charge in [0.25, 0.3) is 0 Å². The maximum atomic E-state index is 12.9. The quantitative estimate of drug-likeness (QED) is 0.569. The molecule has 0 spiro atoms. The Labute approximate surface area is 164 Å². The molecular formula is C24H21NO3. The van der Waals surface area contributed by atoms with Gasteiger partial charge in [-0.2, -0.15) is 0 Å². The molecular weight excluding hydrogens is 350 g/mol. The van der Waals surface area contributed by atoms with Crippen LogP contribution < -0.4 is 4.74 Å². The first-order chi connectivity index (χ1) is 13.6. The average Bonchev–Trinajstić information content (AvgIpc) is 3.08. The van der Waals surface area contributed by atoms with Crippen molar-refractivity contribution in [1.29, 1.82) is 0 Å². The highest BCUT2D eigenvalue weighted by Crippen LogP contribution is 2.40. The van der Waals surface area contributed by atoms with Gasteiger partial charge in [0.05, 0.1) is 0 Å². The number of para-hydroxylation sites is 1. The van der Waals surface area contributed by atoms with Crippen molar-refractivity contribution < 1.29 is 14.3 Å². The number of carbonyl (C=O) groups excluding carboxylic acids is 1. The molecule has 0 amide bonds. The molecule has 0 N–H and O–H groups in total. The lowest BCUT2D eigenvalue weighted by atomic mass is 9.80. The molecule has 0 fully saturated rings. The summed E-state index contributed by atoms with van der Waals surface area (Å²) in [7, 11) is 0. The number of ether oxygens (including phenoxy) is 2. The second kappa shape index (κ2) is 7.31. The SMILES string of the molecule is CC(C)[C@]1(c2ccc(Oc3ccccc3)cc2)N=C(c2ccccc2)OC1=O. The summed E-state index contributed by atoms with van der Waals surface area (Å²) < 4.78 is 11.4. The van der Waals surface area contributed by atoms with Crippen molar-refractivity contribution in [1.82, 2.24) is 0 Å². The van der Waals surface area contributed by atoms with Gasteiger partial charge in [0.15, 0.2) is 5.54 Å². The Kier molecular flexibility index (Phi) is 4.70. The van der Waals surface area contributed by atoms with Crippen molar-refractivity contribution in [3.8, 4) is 11.5 Å². The molecule has 0 aromatic heterocycles. The summed E-state index contributed by atoms with van der Waals surface area (Å²) >= 11 is 0. The molecule has 28 heavy (non-hydrogen) atoms. The highest BCUT2D eigenvalue weighted by Gasteiger charge is 2.50. The summed E-state index contributed by atoms with van der Waals surface area (Å²) in [5.41, 5.74) is 0.525. The van der Waals surface area contributed by atoms with Crippen molar-refractivity contribution in [2.75, 3.05) is 0 Å². The molecule has 0 aliphatic carbocycles. The Morgan fingerprint density at radius 2 is 1.39 bits per heavy atom. The predicted octanol–water partition coefficient (Wildman–Crippen LogP) is 5.33. The molecule has 1 atom stereocenters. The first-order valence-corrected chi connectivity index (χ1v) is 9.30. The summed E-state index contributed by atoms with van der Waals surface area (Å²) in [6.45, 7) is 3.96. The second-order valence-corrected chi connectivity index (χ2v) is 7.03. The fourth-order valence-electron chi connectivity index (χ4n) is 3.38. The Balaban J connectivity index is 1.68. The number of cyclic esters (lactones) is 1. The minimum Gasteiger partial charge on any atom is -0.457 e. The monoisotopic (exact) mass is 371 g/mol. The number of nitrogens with zero attached hydrogens (tertiary/aromatic N) is 1. The van der Waals surface area contributed by atoms with Crippen molar-refractivity contribution >= 4 is 11.9 Å². The minimum atomic E-state index is -1.06. The van der Waals surface area contributed by atoms with E-state index in [2.05, 4.69) is 0 Å². The standard InChI is InChI=1S/C24H21NO3/c1-17(2)24(23(26)28-22(25-24)18-9-5-3-6-10-18)19-13-15-21(16-14-19)27-20-11-7-4-8-12-20/h3-17H,1-2H3/t24-/m1/s1. The third kappa shape index (κ3) is 3.18. The van der Waals surface area contributed by atoms with Crippen LogP contribution in [0, 0.1) is 5.92 Å². The largest absolute Gasteiger partial charge is 0.457 e. The van der Waals surface area contributed by atoms with Crippen molar-refractivity contribution in [2.24, 2.45) is 10.9 Å². The van der Waals surface area contributed by atoms with Gasteiger partial charge in [-0.05, 0) is 47.9 Å². The fraction of sp³-hybridized carbons (Fsp3) is 0.167. The minimum absolute atomic E-state index is 0.0675. The summed E-state index contributed by atoms with van der Waals surface area (Å²) in [4.78, 5) is 17.7. The number of rotatable bonds is 5. The fourth-order valence-corrected chi connectivity index (χ4v) is 3.38. The summed E-state index contributed by atoms with van der Waals surface area (Å²) in [5.74, 6) is 1.41. The molecule has 3 aromatic carbocycles. The van der Waals surface area contributed by atoms with E-state index in [1.165, 1.54) is 0 Å². The smallest absolute Gasteiger partial charge is 0.345 e. The molecule has 4 rings (SSSR count). The molecule has 4 heteroatoms. The molecule has 3 aromatic rings. The van der Waals surface area contributed by atoms with Crippen molar-refractivity contribution in [3.05, 3.63) is 96.1 Å². The van der Waals surface area contributed by atoms with E-state index in [4.69, 9.17) is 14.5 Å². The van der Waals surface area contributed by atoms with E-state index in [-0.39, 0.29) is 11.9 Å². The number of esters is 1. The summed E-state index contributed by atoms with van der Waals surface area (Å²) in [6, 6.07) is 26.6. The van der Waals surface area contributed by atoms with E-state index in [0.717, 1.165) is 16.9 Å². The maximum absolute atomic E-state index is 12.9. The van der Waals surface area contributed by atoms with Gasteiger partial charge >= 0.3 is 5.97 Å². The van der Waals surface area contributed by atoms with Gasteiger partial charge in [-0.25, -0.2) is 9.79 Å². The molecule has 0 saturated heterocycles. The average molecular weight is 371 g/mol. The van der Waals surface area contributed by atoms with Gasteiger partial charge in [-0.1, -0.05) is 62.4 Å². The molecule has 0 radical (unpaired) electrons. The lowest BCUT2D eigenvalue weighted by Gasteiger charge is -2.26. The lowest BCUT2D eigenvalue weighted by Crippen LogP contribution is -2.36. The normalized spacial score (nSPS) is 18.7. The zero-order valence-electron chi connectivity index (χ0n) is 15.8. The Morgan fingerprint density at radius 3 is 2.00 bits per heavy atom. The Morgan fingerprint density at radius 1 is 0.821 bits per heavy atom. The number of benzene rings is 3. The predicted molar refractivity (Wildman–Crippen MR) is 109 cm³/mol. The van der Waals surface area contributed by atoms with Crippen LogP contribution in [0.15, 0.2) is 89.9 Å². The highest BCUT2D eigenvalue weighted by atomic mass is 16.6. The zero-order chi connectivity index (χ0) is 19.6. The number of carbonyl (C=O) groups is 1.